The Bertz CT molecular complexity index is 1090. The number of ether oxygens (including phenoxy) is 2. The van der Waals surface area contributed by atoms with Crippen molar-refractivity contribution in [1.29, 1.82) is 0 Å². The summed E-state index contributed by atoms with van der Waals surface area (Å²) in [5, 5.41) is 3.47. The van der Waals surface area contributed by atoms with Crippen molar-refractivity contribution in [3.8, 4) is 23.1 Å². The molecule has 0 aliphatic carbocycles. The first-order valence-electron chi connectivity index (χ1n) is 9.90. The number of hydrogen-bond donors (Lipinski definition) is 1. The van der Waals surface area contributed by atoms with Crippen LogP contribution in [0.15, 0.2) is 73.2 Å². The maximum Gasteiger partial charge on any atom is 0.247 e. The standard InChI is InChI=1S/C23H22N4O2/c1-2-6-18(7-3-1)28-19-8-10-20(11-9-19)29-23-22-21(25-16-26-23)12-14-27(22)17-5-4-13-24-15-17/h1-3,6-12,14,16-17,24H,4-5,13,15H2. The molecule has 1 aliphatic heterocycles. The summed E-state index contributed by atoms with van der Waals surface area (Å²) in [6.07, 6.45) is 5.93. The summed E-state index contributed by atoms with van der Waals surface area (Å²) < 4.78 is 14.2. The first-order valence-corrected chi connectivity index (χ1v) is 9.90. The van der Waals surface area contributed by atoms with Crippen LogP contribution in [-0.4, -0.2) is 27.6 Å². The van der Waals surface area contributed by atoms with Crippen molar-refractivity contribution < 1.29 is 9.47 Å². The Hall–Kier alpha value is -3.38. The lowest BCUT2D eigenvalue weighted by molar-refractivity contribution is 0.375. The number of rotatable bonds is 5. The van der Waals surface area contributed by atoms with Gasteiger partial charge in [-0.15, -0.1) is 0 Å². The third-order valence-electron chi connectivity index (χ3n) is 5.15. The molecule has 6 heteroatoms. The number of benzene rings is 2. The van der Waals surface area contributed by atoms with E-state index in [4.69, 9.17) is 9.47 Å². The maximum atomic E-state index is 6.14. The van der Waals surface area contributed by atoms with Crippen LogP contribution in [0.3, 0.4) is 0 Å². The number of nitrogens with zero attached hydrogens (tertiary/aromatic N) is 3. The van der Waals surface area contributed by atoms with Crippen molar-refractivity contribution in [2.45, 2.75) is 18.9 Å². The fourth-order valence-electron chi connectivity index (χ4n) is 3.73. The van der Waals surface area contributed by atoms with Gasteiger partial charge in [-0.25, -0.2) is 4.98 Å². The fourth-order valence-corrected chi connectivity index (χ4v) is 3.73. The highest BCUT2D eigenvalue weighted by molar-refractivity contribution is 5.81. The van der Waals surface area contributed by atoms with Crippen LogP contribution >= 0.6 is 0 Å². The van der Waals surface area contributed by atoms with Crippen molar-refractivity contribution in [2.24, 2.45) is 0 Å². The molecule has 29 heavy (non-hydrogen) atoms. The summed E-state index contributed by atoms with van der Waals surface area (Å²) in [6, 6.07) is 19.7. The van der Waals surface area contributed by atoms with Gasteiger partial charge in [0.1, 0.15) is 29.1 Å². The molecule has 2 aromatic carbocycles. The Labute approximate surface area is 169 Å². The van der Waals surface area contributed by atoms with Crippen molar-refractivity contribution in [2.75, 3.05) is 13.1 Å². The second kappa shape index (κ2) is 7.93. The van der Waals surface area contributed by atoms with Gasteiger partial charge in [0.2, 0.25) is 5.88 Å². The van der Waals surface area contributed by atoms with E-state index in [0.29, 0.717) is 17.7 Å². The van der Waals surface area contributed by atoms with Crippen LogP contribution < -0.4 is 14.8 Å². The lowest BCUT2D eigenvalue weighted by Crippen LogP contribution is -2.31. The SMILES string of the molecule is c1ccc(Oc2ccc(Oc3ncnc4ccn(C5CCCNC5)c34)cc2)cc1. The molecule has 146 valence electrons. The van der Waals surface area contributed by atoms with E-state index >= 15 is 0 Å². The van der Waals surface area contributed by atoms with Gasteiger partial charge in [0.15, 0.2) is 0 Å². The van der Waals surface area contributed by atoms with Gasteiger partial charge >= 0.3 is 0 Å². The van der Waals surface area contributed by atoms with Gasteiger partial charge in [-0.3, -0.25) is 0 Å². The van der Waals surface area contributed by atoms with Crippen LogP contribution in [0.2, 0.25) is 0 Å². The second-order valence-corrected chi connectivity index (χ2v) is 7.12. The van der Waals surface area contributed by atoms with E-state index in [-0.39, 0.29) is 0 Å². The average molecular weight is 386 g/mol. The quantitative estimate of drug-likeness (QED) is 0.526. The van der Waals surface area contributed by atoms with E-state index in [2.05, 4.69) is 26.0 Å². The summed E-state index contributed by atoms with van der Waals surface area (Å²) >= 11 is 0. The molecule has 0 amide bonds. The molecule has 0 spiro atoms. The van der Waals surface area contributed by atoms with Crippen molar-refractivity contribution >= 4 is 11.0 Å². The van der Waals surface area contributed by atoms with E-state index in [1.165, 1.54) is 0 Å². The van der Waals surface area contributed by atoms with Crippen molar-refractivity contribution in [3.63, 3.8) is 0 Å². The smallest absolute Gasteiger partial charge is 0.247 e. The topological polar surface area (TPSA) is 61.2 Å². The third kappa shape index (κ3) is 3.79. The minimum atomic E-state index is 0.385. The number of para-hydroxylation sites is 1. The number of fused-ring (bicyclic) bond motifs is 1. The second-order valence-electron chi connectivity index (χ2n) is 7.12. The van der Waals surface area contributed by atoms with Crippen LogP contribution in [0.4, 0.5) is 0 Å². The van der Waals surface area contributed by atoms with Crippen LogP contribution in [0.5, 0.6) is 23.1 Å². The maximum absolute atomic E-state index is 6.14. The molecule has 1 unspecified atom stereocenters. The van der Waals surface area contributed by atoms with Crippen LogP contribution in [0.25, 0.3) is 11.0 Å². The molecule has 1 atom stereocenters. The van der Waals surface area contributed by atoms with E-state index < -0.39 is 0 Å². The summed E-state index contributed by atoms with van der Waals surface area (Å²) in [7, 11) is 0. The van der Waals surface area contributed by atoms with Gasteiger partial charge in [-0.1, -0.05) is 18.2 Å². The summed E-state index contributed by atoms with van der Waals surface area (Å²) in [4.78, 5) is 8.82. The molecular formula is C23H22N4O2. The van der Waals surface area contributed by atoms with Gasteiger partial charge in [0.05, 0.1) is 5.52 Å². The summed E-state index contributed by atoms with van der Waals surface area (Å²) in [5.74, 6) is 2.84. The Morgan fingerprint density at radius 3 is 2.38 bits per heavy atom. The molecule has 6 nitrogen and oxygen atoms in total. The van der Waals surface area contributed by atoms with Crippen molar-refractivity contribution in [1.82, 2.24) is 19.9 Å². The number of hydrogen-bond acceptors (Lipinski definition) is 5. The molecule has 1 aliphatic rings. The molecule has 3 heterocycles. The predicted molar refractivity (Wildman–Crippen MR) is 112 cm³/mol. The van der Waals surface area contributed by atoms with Crippen molar-refractivity contribution in [3.05, 3.63) is 73.2 Å². The van der Waals surface area contributed by atoms with Gasteiger partial charge in [0, 0.05) is 18.8 Å². The predicted octanol–water partition coefficient (Wildman–Crippen LogP) is 4.94. The molecule has 1 saturated heterocycles. The molecule has 4 aromatic rings. The largest absolute Gasteiger partial charge is 0.457 e. The average Bonchev–Trinajstić information content (AvgIpc) is 3.22. The summed E-state index contributed by atoms with van der Waals surface area (Å²) in [6.45, 7) is 2.02. The zero-order valence-corrected chi connectivity index (χ0v) is 16.0. The van der Waals surface area contributed by atoms with E-state index in [9.17, 15) is 0 Å². The highest BCUT2D eigenvalue weighted by Crippen LogP contribution is 2.32. The molecule has 2 aromatic heterocycles. The molecular weight excluding hydrogens is 364 g/mol. The van der Waals surface area contributed by atoms with Gasteiger partial charge in [-0.05, 0) is 61.9 Å². The monoisotopic (exact) mass is 386 g/mol. The first kappa shape index (κ1) is 17.7. The minimum Gasteiger partial charge on any atom is -0.457 e. The zero-order valence-electron chi connectivity index (χ0n) is 16.0. The van der Waals surface area contributed by atoms with Crippen LogP contribution in [-0.2, 0) is 0 Å². The Morgan fingerprint density at radius 2 is 1.62 bits per heavy atom. The normalized spacial score (nSPS) is 16.6. The Kier molecular flexibility index (Phi) is 4.84. The third-order valence-corrected chi connectivity index (χ3v) is 5.15. The van der Waals surface area contributed by atoms with Gasteiger partial charge in [-0.2, -0.15) is 4.98 Å². The van der Waals surface area contributed by atoms with E-state index in [1.807, 2.05) is 60.7 Å². The molecule has 1 N–H and O–H groups in total. The highest BCUT2D eigenvalue weighted by Gasteiger charge is 2.20. The Morgan fingerprint density at radius 1 is 0.862 bits per heavy atom. The molecule has 5 rings (SSSR count). The lowest BCUT2D eigenvalue weighted by Gasteiger charge is -2.25. The first-order chi connectivity index (χ1) is 14.4. The molecule has 0 saturated carbocycles. The van der Waals surface area contributed by atoms with E-state index in [1.54, 1.807) is 6.33 Å². The molecule has 0 radical (unpaired) electrons. The Balaban J connectivity index is 1.39. The minimum absolute atomic E-state index is 0.385. The van der Waals surface area contributed by atoms with Gasteiger partial charge < -0.3 is 19.4 Å². The molecule has 1 fully saturated rings. The zero-order chi connectivity index (χ0) is 19.5. The van der Waals surface area contributed by atoms with Gasteiger partial charge in [0.25, 0.3) is 0 Å². The van der Waals surface area contributed by atoms with Crippen LogP contribution in [0, 0.1) is 0 Å². The number of nitrogens with one attached hydrogen (secondary N) is 1. The number of piperidine rings is 1. The fraction of sp³-hybridized carbons (Fsp3) is 0.217. The summed E-state index contributed by atoms with van der Waals surface area (Å²) in [5.41, 5.74) is 1.83. The number of aromatic nitrogens is 3. The lowest BCUT2D eigenvalue weighted by atomic mass is 10.1. The van der Waals surface area contributed by atoms with E-state index in [0.717, 1.165) is 48.5 Å². The molecule has 0 bridgehead atoms. The highest BCUT2D eigenvalue weighted by atomic mass is 16.5. The van der Waals surface area contributed by atoms with Crippen LogP contribution in [0.1, 0.15) is 18.9 Å².